The fraction of sp³-hybridized carbons (Fsp3) is 0.650. The predicted molar refractivity (Wildman–Crippen MR) is 108 cm³/mol. The van der Waals surface area contributed by atoms with Gasteiger partial charge in [0.1, 0.15) is 0 Å². The number of nitrogens with one attached hydrogen (secondary N) is 2. The first-order valence-corrected chi connectivity index (χ1v) is 10.3. The van der Waals surface area contributed by atoms with Gasteiger partial charge in [-0.2, -0.15) is 5.43 Å². The van der Waals surface area contributed by atoms with Crippen LogP contribution in [0.2, 0.25) is 0 Å². The third-order valence-corrected chi connectivity index (χ3v) is 7.15. The second-order valence-electron chi connectivity index (χ2n) is 8.78. The van der Waals surface area contributed by atoms with Gasteiger partial charge in [0.25, 0.3) is 0 Å². The number of hydrogen-bond acceptors (Lipinski definition) is 7. The average Bonchev–Trinajstić information content (AvgIpc) is 3.38. The molecule has 4 unspecified atom stereocenters. The van der Waals surface area contributed by atoms with Gasteiger partial charge in [-0.3, -0.25) is 16.1 Å². The number of hydrogen-bond donors (Lipinski definition) is 4. The molecule has 0 radical (unpaired) electrons. The van der Waals surface area contributed by atoms with E-state index in [1.807, 2.05) is 0 Å². The molecule has 1 aromatic carbocycles. The van der Waals surface area contributed by atoms with Gasteiger partial charge in [-0.05, 0) is 55.7 Å². The van der Waals surface area contributed by atoms with Crippen LogP contribution >= 0.6 is 0 Å². The molecule has 1 aromatic rings. The lowest BCUT2D eigenvalue weighted by atomic mass is 9.93. The maximum Gasteiger partial charge on any atom is 0.209 e. The summed E-state index contributed by atoms with van der Waals surface area (Å²) >= 11 is 0. The summed E-state index contributed by atoms with van der Waals surface area (Å²) in [6.45, 7) is 6.66. The van der Waals surface area contributed by atoms with E-state index in [2.05, 4.69) is 50.8 Å². The van der Waals surface area contributed by atoms with Crippen molar-refractivity contribution in [2.45, 2.75) is 44.4 Å². The minimum absolute atomic E-state index is 0.317. The number of anilines is 1. The SMILES string of the molecule is Cc1cc(N2CCN(C3CC4CCC3C4)CC2)ccc1C1(N)N=C(N)NN1. The molecular weight excluding hydrogens is 338 g/mol. The molecule has 4 atom stereocenters. The van der Waals surface area contributed by atoms with Gasteiger partial charge < -0.3 is 10.6 Å². The number of aliphatic imine (C=N–C) groups is 1. The van der Waals surface area contributed by atoms with Gasteiger partial charge >= 0.3 is 0 Å². The molecule has 27 heavy (non-hydrogen) atoms. The highest BCUT2D eigenvalue weighted by Crippen LogP contribution is 2.46. The van der Waals surface area contributed by atoms with E-state index >= 15 is 0 Å². The van der Waals surface area contributed by atoms with E-state index in [-0.39, 0.29) is 0 Å². The molecule has 2 saturated carbocycles. The van der Waals surface area contributed by atoms with E-state index in [4.69, 9.17) is 11.5 Å². The molecule has 1 saturated heterocycles. The summed E-state index contributed by atoms with van der Waals surface area (Å²) in [5.74, 6) is 1.32. The zero-order valence-electron chi connectivity index (χ0n) is 16.1. The van der Waals surface area contributed by atoms with Crippen molar-refractivity contribution in [2.24, 2.45) is 28.3 Å². The Morgan fingerprint density at radius 2 is 1.96 bits per heavy atom. The zero-order valence-corrected chi connectivity index (χ0v) is 16.1. The van der Waals surface area contributed by atoms with Crippen molar-refractivity contribution >= 4 is 11.6 Å². The molecular formula is C20H31N7. The van der Waals surface area contributed by atoms with Crippen LogP contribution in [0.4, 0.5) is 5.69 Å². The van der Waals surface area contributed by atoms with Crippen molar-refractivity contribution in [1.82, 2.24) is 15.8 Å². The van der Waals surface area contributed by atoms with Crippen LogP contribution in [0.1, 0.15) is 36.8 Å². The van der Waals surface area contributed by atoms with Gasteiger partial charge in [-0.25, -0.2) is 4.99 Å². The molecule has 2 aliphatic heterocycles. The minimum atomic E-state index is -0.993. The topological polar surface area (TPSA) is 94.9 Å². The molecule has 7 nitrogen and oxygen atoms in total. The fourth-order valence-electron chi connectivity index (χ4n) is 5.78. The first-order chi connectivity index (χ1) is 13.0. The maximum absolute atomic E-state index is 6.36. The van der Waals surface area contributed by atoms with Crippen LogP contribution in [0.25, 0.3) is 0 Å². The Balaban J connectivity index is 1.26. The standard InChI is InChI=1S/C20H31N7/c1-13-10-16(4-5-17(13)20(22)23-19(21)24-25-20)26-6-8-27(9-7-26)18-12-14-2-3-15(18)11-14/h4-5,10,14-15,18,25H,2-3,6-9,11-12,22H2,1H3,(H3,21,23,24). The summed E-state index contributed by atoms with van der Waals surface area (Å²) in [5.41, 5.74) is 21.2. The Kier molecular flexibility index (Phi) is 4.07. The second kappa shape index (κ2) is 6.36. The van der Waals surface area contributed by atoms with Crippen molar-refractivity contribution in [2.75, 3.05) is 31.1 Å². The minimum Gasteiger partial charge on any atom is -0.369 e. The lowest BCUT2D eigenvalue weighted by Crippen LogP contribution is -2.52. The molecule has 146 valence electrons. The van der Waals surface area contributed by atoms with E-state index in [9.17, 15) is 0 Å². The smallest absolute Gasteiger partial charge is 0.209 e. The molecule has 2 bridgehead atoms. The third-order valence-electron chi connectivity index (χ3n) is 7.15. The van der Waals surface area contributed by atoms with Crippen LogP contribution in [-0.2, 0) is 5.79 Å². The van der Waals surface area contributed by atoms with Gasteiger partial charge in [0.15, 0.2) is 0 Å². The molecule has 2 heterocycles. The summed E-state index contributed by atoms with van der Waals surface area (Å²) in [4.78, 5) is 9.56. The highest BCUT2D eigenvalue weighted by Gasteiger charge is 2.42. The van der Waals surface area contributed by atoms with Gasteiger partial charge in [0.2, 0.25) is 11.7 Å². The summed E-state index contributed by atoms with van der Waals surface area (Å²) < 4.78 is 0. The van der Waals surface area contributed by atoms with Crippen LogP contribution in [0.5, 0.6) is 0 Å². The lowest BCUT2D eigenvalue weighted by Gasteiger charge is -2.42. The van der Waals surface area contributed by atoms with Gasteiger partial charge in [-0.1, -0.05) is 12.5 Å². The lowest BCUT2D eigenvalue weighted by molar-refractivity contribution is 0.135. The summed E-state index contributed by atoms with van der Waals surface area (Å²) in [6, 6.07) is 7.32. The van der Waals surface area contributed by atoms with E-state index in [0.717, 1.165) is 42.1 Å². The largest absolute Gasteiger partial charge is 0.369 e. The number of aryl methyl sites for hydroxylation is 1. The number of rotatable bonds is 3. The van der Waals surface area contributed by atoms with E-state index < -0.39 is 5.79 Å². The number of hydrazine groups is 1. The molecule has 4 aliphatic rings. The van der Waals surface area contributed by atoms with Gasteiger partial charge in [-0.15, -0.1) is 0 Å². The van der Waals surface area contributed by atoms with Crippen molar-refractivity contribution in [1.29, 1.82) is 0 Å². The Labute approximate surface area is 161 Å². The quantitative estimate of drug-likeness (QED) is 0.630. The molecule has 3 fully saturated rings. The summed E-state index contributed by atoms with van der Waals surface area (Å²) in [5, 5.41) is 0. The normalized spacial score (nSPS) is 36.1. The van der Waals surface area contributed by atoms with Crippen molar-refractivity contribution in [3.8, 4) is 0 Å². The van der Waals surface area contributed by atoms with Crippen LogP contribution in [-0.4, -0.2) is 43.1 Å². The number of benzene rings is 1. The first kappa shape index (κ1) is 17.3. The van der Waals surface area contributed by atoms with E-state index in [0.29, 0.717) is 5.96 Å². The molecule has 6 N–H and O–H groups in total. The van der Waals surface area contributed by atoms with Crippen molar-refractivity contribution < 1.29 is 0 Å². The average molecular weight is 370 g/mol. The molecule has 7 heteroatoms. The number of nitrogens with zero attached hydrogens (tertiary/aromatic N) is 3. The van der Waals surface area contributed by atoms with E-state index in [1.54, 1.807) is 0 Å². The fourth-order valence-corrected chi connectivity index (χ4v) is 5.78. The monoisotopic (exact) mass is 369 g/mol. The summed E-state index contributed by atoms with van der Waals surface area (Å²) in [6.07, 6.45) is 5.88. The Hall–Kier alpha value is -1.83. The van der Waals surface area contributed by atoms with Crippen molar-refractivity contribution in [3.63, 3.8) is 0 Å². The number of piperazine rings is 1. The van der Waals surface area contributed by atoms with Crippen molar-refractivity contribution in [3.05, 3.63) is 29.3 Å². The van der Waals surface area contributed by atoms with Crippen LogP contribution in [0, 0.1) is 18.8 Å². The van der Waals surface area contributed by atoms with Crippen LogP contribution in [0.3, 0.4) is 0 Å². The highest BCUT2D eigenvalue weighted by atomic mass is 15.6. The second-order valence-corrected chi connectivity index (χ2v) is 8.78. The Morgan fingerprint density at radius 3 is 2.56 bits per heavy atom. The number of fused-ring (bicyclic) bond motifs is 2. The Bertz CT molecular complexity index is 755. The number of guanidine groups is 1. The van der Waals surface area contributed by atoms with Crippen LogP contribution in [0.15, 0.2) is 23.2 Å². The van der Waals surface area contributed by atoms with Crippen LogP contribution < -0.4 is 27.2 Å². The highest BCUT2D eigenvalue weighted by molar-refractivity contribution is 5.79. The third kappa shape index (κ3) is 2.98. The van der Waals surface area contributed by atoms with Gasteiger partial charge in [0, 0.05) is 43.5 Å². The molecule has 0 spiro atoms. The Morgan fingerprint density at radius 1 is 1.15 bits per heavy atom. The maximum atomic E-state index is 6.36. The number of nitrogens with two attached hydrogens (primary N) is 2. The predicted octanol–water partition coefficient (Wildman–Crippen LogP) is 0.797. The first-order valence-electron chi connectivity index (χ1n) is 10.3. The summed E-state index contributed by atoms with van der Waals surface area (Å²) in [7, 11) is 0. The van der Waals surface area contributed by atoms with Gasteiger partial charge in [0.05, 0.1) is 0 Å². The zero-order chi connectivity index (χ0) is 18.6. The molecule has 0 amide bonds. The molecule has 0 aromatic heterocycles. The molecule has 5 rings (SSSR count). The molecule has 2 aliphatic carbocycles. The van der Waals surface area contributed by atoms with E-state index in [1.165, 1.54) is 44.5 Å².